The van der Waals surface area contributed by atoms with Gasteiger partial charge in [0.1, 0.15) is 5.75 Å². The minimum atomic E-state index is -0.436. The van der Waals surface area contributed by atoms with Gasteiger partial charge in [0.15, 0.2) is 0 Å². The van der Waals surface area contributed by atoms with Crippen LogP contribution in [0.1, 0.15) is 37.8 Å². The average Bonchev–Trinajstić information content (AvgIpc) is 3.63. The summed E-state index contributed by atoms with van der Waals surface area (Å²) < 4.78 is 5.51. The van der Waals surface area contributed by atoms with E-state index in [9.17, 15) is 14.4 Å². The highest BCUT2D eigenvalue weighted by Gasteiger charge is 2.66. The molecule has 1 aliphatic heterocycles. The topological polar surface area (TPSA) is 63.7 Å². The van der Waals surface area contributed by atoms with Gasteiger partial charge in [-0.3, -0.25) is 19.3 Å². The van der Waals surface area contributed by atoms with Crippen LogP contribution < -0.4 is 4.74 Å². The maximum atomic E-state index is 13.0. The summed E-state index contributed by atoms with van der Waals surface area (Å²) in [5.41, 5.74) is 2.16. The Hall–Kier alpha value is -3.21. The van der Waals surface area contributed by atoms with Gasteiger partial charge in [0.05, 0.1) is 18.3 Å². The molecule has 2 aromatic rings. The van der Waals surface area contributed by atoms with Crippen LogP contribution in [0.4, 0.5) is 0 Å². The first-order chi connectivity index (χ1) is 16.4. The van der Waals surface area contributed by atoms with Crippen LogP contribution >= 0.6 is 0 Å². The Morgan fingerprint density at radius 3 is 2.03 bits per heavy atom. The van der Waals surface area contributed by atoms with Crippen LogP contribution in [0.3, 0.4) is 0 Å². The Morgan fingerprint density at radius 2 is 1.44 bits per heavy atom. The van der Waals surface area contributed by atoms with Gasteiger partial charge in [0.2, 0.25) is 11.8 Å². The van der Waals surface area contributed by atoms with Gasteiger partial charge >= 0.3 is 5.97 Å². The molecule has 6 atom stereocenters. The van der Waals surface area contributed by atoms with E-state index in [2.05, 4.69) is 38.1 Å². The zero-order chi connectivity index (χ0) is 23.6. The Kier molecular flexibility index (Phi) is 4.80. The largest absolute Gasteiger partial charge is 0.426 e. The number of carbonyl (C=O) groups is 3. The number of carbonyl (C=O) groups excluding carboxylic acids is 3. The van der Waals surface area contributed by atoms with Crippen LogP contribution in [-0.4, -0.2) is 29.2 Å². The molecule has 0 N–H and O–H groups in total. The van der Waals surface area contributed by atoms with Gasteiger partial charge in [-0.2, -0.15) is 0 Å². The van der Waals surface area contributed by atoms with Gasteiger partial charge < -0.3 is 4.74 Å². The van der Waals surface area contributed by atoms with Crippen LogP contribution in [0.15, 0.2) is 66.7 Å². The standard InChI is InChI=1S/C29H29NO4/c1-29(2,17-6-4-3-5-7-17)18-8-10-19(11-9-18)34-24(31)14-15-30-27(32)25-20-12-13-21(23-16-22(20)23)26(25)28(30)33/h3-13,20-23,25-26H,14-16H2,1-2H3/t20-,21-,22-,23-,25+,26+/m1/s1. The molecule has 2 saturated carbocycles. The monoisotopic (exact) mass is 455 g/mol. The van der Waals surface area contributed by atoms with E-state index in [0.717, 1.165) is 12.0 Å². The van der Waals surface area contributed by atoms with Gasteiger partial charge in [0.25, 0.3) is 0 Å². The van der Waals surface area contributed by atoms with E-state index in [1.54, 1.807) is 12.1 Å². The number of imide groups is 1. The zero-order valence-corrected chi connectivity index (χ0v) is 19.5. The number of hydrogen-bond acceptors (Lipinski definition) is 4. The maximum absolute atomic E-state index is 13.0. The number of likely N-dealkylation sites (tertiary alicyclic amines) is 1. The van der Waals surface area contributed by atoms with Gasteiger partial charge in [-0.25, -0.2) is 0 Å². The number of rotatable bonds is 6. The lowest BCUT2D eigenvalue weighted by Crippen LogP contribution is -2.40. The molecule has 2 amide bonds. The summed E-state index contributed by atoms with van der Waals surface area (Å²) in [5.74, 6) is 0.951. The van der Waals surface area contributed by atoms with E-state index in [-0.39, 0.29) is 53.9 Å². The highest BCUT2D eigenvalue weighted by Crippen LogP contribution is 2.65. The van der Waals surface area contributed by atoms with E-state index in [1.165, 1.54) is 10.5 Å². The predicted molar refractivity (Wildman–Crippen MR) is 127 cm³/mol. The fourth-order valence-electron chi connectivity index (χ4n) is 6.59. The fourth-order valence-corrected chi connectivity index (χ4v) is 6.59. The van der Waals surface area contributed by atoms with Gasteiger partial charge in [0, 0.05) is 12.0 Å². The molecule has 0 spiro atoms. The second-order valence-electron chi connectivity index (χ2n) is 10.7. The number of hydrogen-bond donors (Lipinski definition) is 0. The fraction of sp³-hybridized carbons (Fsp3) is 0.414. The molecular weight excluding hydrogens is 426 g/mol. The molecule has 3 fully saturated rings. The van der Waals surface area contributed by atoms with Gasteiger partial charge in [-0.05, 0) is 53.4 Å². The molecule has 0 aromatic heterocycles. The number of amides is 2. The molecule has 7 rings (SSSR count). The van der Waals surface area contributed by atoms with Crippen LogP contribution in [0.2, 0.25) is 0 Å². The van der Waals surface area contributed by atoms with Crippen molar-refractivity contribution in [2.75, 3.05) is 6.54 Å². The second-order valence-corrected chi connectivity index (χ2v) is 10.7. The first-order valence-electron chi connectivity index (χ1n) is 12.3. The van der Waals surface area contributed by atoms with E-state index >= 15 is 0 Å². The highest BCUT2D eigenvalue weighted by molar-refractivity contribution is 6.06. The van der Waals surface area contributed by atoms with Crippen molar-refractivity contribution in [3.63, 3.8) is 0 Å². The predicted octanol–water partition coefficient (Wildman–Crippen LogP) is 4.36. The third kappa shape index (κ3) is 3.24. The van der Waals surface area contributed by atoms with E-state index in [4.69, 9.17) is 4.74 Å². The van der Waals surface area contributed by atoms with Crippen molar-refractivity contribution in [2.45, 2.75) is 32.1 Å². The quantitative estimate of drug-likeness (QED) is 0.281. The summed E-state index contributed by atoms with van der Waals surface area (Å²) in [4.78, 5) is 39.9. The minimum absolute atomic E-state index is 0.00377. The Balaban J connectivity index is 1.07. The number of nitrogens with zero attached hydrogens (tertiary/aromatic N) is 1. The van der Waals surface area contributed by atoms with Crippen LogP contribution in [0.5, 0.6) is 5.75 Å². The molecule has 174 valence electrons. The number of ether oxygens (including phenoxy) is 1. The third-order valence-electron chi connectivity index (χ3n) is 8.60. The summed E-state index contributed by atoms with van der Waals surface area (Å²) in [7, 11) is 0. The summed E-state index contributed by atoms with van der Waals surface area (Å²) in [5, 5.41) is 0. The molecular formula is C29H29NO4. The van der Waals surface area contributed by atoms with Crippen LogP contribution in [0, 0.1) is 35.5 Å². The number of benzene rings is 2. The smallest absolute Gasteiger partial charge is 0.312 e. The molecule has 34 heavy (non-hydrogen) atoms. The van der Waals surface area contributed by atoms with Crippen molar-refractivity contribution in [3.8, 4) is 5.75 Å². The highest BCUT2D eigenvalue weighted by atomic mass is 16.5. The van der Waals surface area contributed by atoms with Crippen molar-refractivity contribution in [3.05, 3.63) is 77.9 Å². The lowest BCUT2D eigenvalue weighted by molar-refractivity contribution is -0.141. The van der Waals surface area contributed by atoms with E-state index < -0.39 is 5.97 Å². The van der Waals surface area contributed by atoms with Crippen molar-refractivity contribution in [1.82, 2.24) is 4.90 Å². The summed E-state index contributed by atoms with van der Waals surface area (Å²) in [6, 6.07) is 17.8. The zero-order valence-electron chi connectivity index (χ0n) is 19.5. The third-order valence-corrected chi connectivity index (χ3v) is 8.60. The first kappa shape index (κ1) is 21.3. The number of allylic oxidation sites excluding steroid dienone is 2. The normalized spacial score (nSPS) is 30.8. The van der Waals surface area contributed by atoms with Gasteiger partial charge in [-0.1, -0.05) is 68.5 Å². The summed E-state index contributed by atoms with van der Waals surface area (Å²) in [6.45, 7) is 4.42. The molecule has 0 radical (unpaired) electrons. The molecule has 0 unspecified atom stereocenters. The molecule has 1 heterocycles. The summed E-state index contributed by atoms with van der Waals surface area (Å²) in [6.07, 6.45) is 5.46. The molecule has 5 aliphatic rings. The Labute approximate surface area is 199 Å². The Bertz CT molecular complexity index is 1150. The molecule has 4 aliphatic carbocycles. The maximum Gasteiger partial charge on any atom is 0.312 e. The minimum Gasteiger partial charge on any atom is -0.426 e. The van der Waals surface area contributed by atoms with Crippen molar-refractivity contribution in [1.29, 1.82) is 0 Å². The van der Waals surface area contributed by atoms with Crippen molar-refractivity contribution in [2.24, 2.45) is 35.5 Å². The SMILES string of the molecule is CC(C)(c1ccccc1)c1ccc(OC(=O)CCN2C(=O)[C@H]3[C@@H]4C=C[C@H]([C@H]5C[C@H]45)[C@@H]3C2=O)cc1. The lowest BCUT2D eigenvalue weighted by Gasteiger charge is -2.37. The van der Waals surface area contributed by atoms with E-state index in [0.29, 0.717) is 17.6 Å². The molecule has 5 nitrogen and oxygen atoms in total. The molecule has 2 bridgehead atoms. The van der Waals surface area contributed by atoms with Crippen molar-refractivity contribution >= 4 is 17.8 Å². The van der Waals surface area contributed by atoms with Crippen LogP contribution in [0.25, 0.3) is 0 Å². The first-order valence-corrected chi connectivity index (χ1v) is 12.3. The molecule has 2 aromatic carbocycles. The van der Waals surface area contributed by atoms with Crippen molar-refractivity contribution < 1.29 is 19.1 Å². The summed E-state index contributed by atoms with van der Waals surface area (Å²) >= 11 is 0. The van der Waals surface area contributed by atoms with Crippen LogP contribution in [-0.2, 0) is 19.8 Å². The molecule has 1 saturated heterocycles. The Morgan fingerprint density at radius 1 is 0.882 bits per heavy atom. The second kappa shape index (κ2) is 7.66. The van der Waals surface area contributed by atoms with E-state index in [1.807, 2.05) is 30.3 Å². The average molecular weight is 456 g/mol. The van der Waals surface area contributed by atoms with Gasteiger partial charge in [-0.15, -0.1) is 0 Å². The number of esters is 1. The lowest BCUT2D eigenvalue weighted by atomic mass is 9.63. The molecule has 5 heteroatoms.